The number of nitrogens with one attached hydrogen (secondary N) is 2. The molecule has 0 aliphatic heterocycles. The predicted molar refractivity (Wildman–Crippen MR) is 146 cm³/mol. The van der Waals surface area contributed by atoms with Crippen LogP contribution < -0.4 is 26.6 Å². The van der Waals surface area contributed by atoms with Gasteiger partial charge in [-0.3, -0.25) is 23.5 Å². The van der Waals surface area contributed by atoms with Crippen LogP contribution in [0.3, 0.4) is 0 Å². The summed E-state index contributed by atoms with van der Waals surface area (Å²) in [6.07, 6.45) is 0.638. The van der Waals surface area contributed by atoms with Crippen molar-refractivity contribution in [2.45, 2.75) is 32.9 Å². The Bertz CT molecular complexity index is 1530. The predicted octanol–water partition coefficient (Wildman–Crippen LogP) is 2.95. The summed E-state index contributed by atoms with van der Waals surface area (Å²) in [5.74, 6) is -0.00524. The molecule has 0 saturated carbocycles. The zero-order valence-electron chi connectivity index (χ0n) is 21.2. The molecule has 0 saturated heterocycles. The topological polar surface area (TPSA) is 111 Å². The molecule has 0 radical (unpaired) electrons. The first-order valence-electron chi connectivity index (χ1n) is 12.5. The lowest BCUT2D eigenvalue weighted by Crippen LogP contribution is -2.42. The molecule has 0 spiro atoms. The molecular formula is C29H30N4O5. The van der Waals surface area contributed by atoms with Crippen LogP contribution in [0.1, 0.15) is 18.9 Å². The summed E-state index contributed by atoms with van der Waals surface area (Å²) >= 11 is 0. The van der Waals surface area contributed by atoms with E-state index in [2.05, 4.69) is 10.6 Å². The zero-order chi connectivity index (χ0) is 26.9. The van der Waals surface area contributed by atoms with Gasteiger partial charge >= 0.3 is 5.69 Å². The lowest BCUT2D eigenvalue weighted by atomic mass is 10.1. The van der Waals surface area contributed by atoms with Crippen LogP contribution in [-0.4, -0.2) is 34.1 Å². The third-order valence-electron chi connectivity index (χ3n) is 6.02. The van der Waals surface area contributed by atoms with Crippen LogP contribution in [0.2, 0.25) is 0 Å². The number of carbonyl (C=O) groups excluding carboxylic acids is 2. The Morgan fingerprint density at radius 2 is 1.55 bits per heavy atom. The van der Waals surface area contributed by atoms with Crippen molar-refractivity contribution in [3.63, 3.8) is 0 Å². The first-order chi connectivity index (χ1) is 18.5. The van der Waals surface area contributed by atoms with Crippen LogP contribution in [0.4, 0.5) is 5.69 Å². The van der Waals surface area contributed by atoms with Crippen molar-refractivity contribution in [1.82, 2.24) is 14.5 Å². The maximum atomic E-state index is 13.3. The summed E-state index contributed by atoms with van der Waals surface area (Å²) in [5.41, 5.74) is 0.868. The minimum atomic E-state index is -0.646. The van der Waals surface area contributed by atoms with Crippen molar-refractivity contribution in [1.29, 1.82) is 0 Å². The fourth-order valence-corrected chi connectivity index (χ4v) is 4.16. The number of para-hydroxylation sites is 1. The maximum Gasteiger partial charge on any atom is 0.331 e. The largest absolute Gasteiger partial charge is 0.494 e. The van der Waals surface area contributed by atoms with Crippen molar-refractivity contribution in [3.8, 4) is 5.75 Å². The molecule has 0 aliphatic carbocycles. The van der Waals surface area contributed by atoms with Gasteiger partial charge in [0.1, 0.15) is 12.3 Å². The second kappa shape index (κ2) is 12.5. The summed E-state index contributed by atoms with van der Waals surface area (Å²) < 4.78 is 7.69. The minimum absolute atomic E-state index is 0.0410. The molecule has 1 aromatic heterocycles. The standard InChI is InChI=1S/C29H30N4O5/c1-2-38-23-14-12-22(13-15-23)31-27(35)20-33-25-11-7-6-10-24(25)28(36)32(29(33)37)19-17-26(34)30-18-16-21-8-4-3-5-9-21/h3-15H,2,16-20H2,1H3,(H,30,34)(H,31,35). The maximum absolute atomic E-state index is 13.3. The molecule has 9 heteroatoms. The van der Waals surface area contributed by atoms with Gasteiger partial charge in [-0.05, 0) is 55.3 Å². The van der Waals surface area contributed by atoms with E-state index in [4.69, 9.17) is 4.74 Å². The third kappa shape index (κ3) is 6.56. The van der Waals surface area contributed by atoms with Gasteiger partial charge in [0.25, 0.3) is 5.56 Å². The SMILES string of the molecule is CCOc1ccc(NC(=O)Cn2c(=O)n(CCC(=O)NCCc3ccccc3)c(=O)c3ccccc32)cc1. The Hall–Kier alpha value is -4.66. The van der Waals surface area contributed by atoms with Crippen molar-refractivity contribution >= 4 is 28.4 Å². The first kappa shape index (κ1) is 26.4. The fourth-order valence-electron chi connectivity index (χ4n) is 4.16. The number of hydrogen-bond donors (Lipinski definition) is 2. The summed E-state index contributed by atoms with van der Waals surface area (Å²) in [6.45, 7) is 2.48. The van der Waals surface area contributed by atoms with E-state index in [9.17, 15) is 19.2 Å². The summed E-state index contributed by atoms with van der Waals surface area (Å²) in [6, 6.07) is 23.3. The van der Waals surface area contributed by atoms with Crippen LogP contribution in [0.25, 0.3) is 10.9 Å². The molecule has 38 heavy (non-hydrogen) atoms. The summed E-state index contributed by atoms with van der Waals surface area (Å²) in [4.78, 5) is 51.6. The number of hydrogen-bond acceptors (Lipinski definition) is 5. The van der Waals surface area contributed by atoms with Crippen LogP contribution in [0.5, 0.6) is 5.75 Å². The van der Waals surface area contributed by atoms with Gasteiger partial charge in [-0.2, -0.15) is 0 Å². The number of ether oxygens (including phenoxy) is 1. The highest BCUT2D eigenvalue weighted by Crippen LogP contribution is 2.16. The average Bonchev–Trinajstić information content (AvgIpc) is 2.93. The Balaban J connectivity index is 1.47. The van der Waals surface area contributed by atoms with Gasteiger partial charge in [0.05, 0.1) is 17.5 Å². The fraction of sp³-hybridized carbons (Fsp3) is 0.241. The van der Waals surface area contributed by atoms with Crippen molar-refractivity contribution in [2.24, 2.45) is 0 Å². The van der Waals surface area contributed by atoms with Gasteiger partial charge in [-0.15, -0.1) is 0 Å². The average molecular weight is 515 g/mol. The molecule has 0 atom stereocenters. The number of fused-ring (bicyclic) bond motifs is 1. The molecule has 196 valence electrons. The number of rotatable bonds is 11. The number of benzene rings is 3. The Morgan fingerprint density at radius 3 is 2.29 bits per heavy atom. The van der Waals surface area contributed by atoms with Gasteiger partial charge in [0.2, 0.25) is 11.8 Å². The number of aromatic nitrogens is 2. The second-order valence-electron chi connectivity index (χ2n) is 8.68. The quantitative estimate of drug-likeness (QED) is 0.320. The number of carbonyl (C=O) groups is 2. The highest BCUT2D eigenvalue weighted by atomic mass is 16.5. The number of anilines is 1. The molecule has 0 aliphatic rings. The van der Waals surface area contributed by atoms with E-state index in [0.717, 1.165) is 10.1 Å². The van der Waals surface area contributed by atoms with Crippen molar-refractivity contribution in [3.05, 3.63) is 105 Å². The van der Waals surface area contributed by atoms with Gasteiger partial charge < -0.3 is 15.4 Å². The molecule has 0 fully saturated rings. The Kier molecular flexibility index (Phi) is 8.71. The lowest BCUT2D eigenvalue weighted by molar-refractivity contribution is -0.121. The van der Waals surface area contributed by atoms with E-state index in [1.165, 1.54) is 4.57 Å². The zero-order valence-corrected chi connectivity index (χ0v) is 21.2. The van der Waals surface area contributed by atoms with Crippen molar-refractivity contribution < 1.29 is 14.3 Å². The number of amides is 2. The molecule has 0 bridgehead atoms. The second-order valence-corrected chi connectivity index (χ2v) is 8.68. The molecule has 2 amide bonds. The van der Waals surface area contributed by atoms with Crippen LogP contribution in [-0.2, 0) is 29.1 Å². The van der Waals surface area contributed by atoms with E-state index in [1.807, 2.05) is 37.3 Å². The van der Waals surface area contributed by atoms with Crippen LogP contribution in [0, 0.1) is 0 Å². The summed E-state index contributed by atoms with van der Waals surface area (Å²) in [7, 11) is 0. The molecule has 4 aromatic rings. The Labute approximate surface area is 219 Å². The molecule has 0 unspecified atom stereocenters. The molecule has 3 aromatic carbocycles. The lowest BCUT2D eigenvalue weighted by Gasteiger charge is -2.14. The van der Waals surface area contributed by atoms with E-state index in [1.54, 1.807) is 48.5 Å². The van der Waals surface area contributed by atoms with Gasteiger partial charge in [-0.1, -0.05) is 42.5 Å². The monoisotopic (exact) mass is 514 g/mol. The van der Waals surface area contributed by atoms with E-state index < -0.39 is 17.2 Å². The smallest absolute Gasteiger partial charge is 0.331 e. The van der Waals surface area contributed by atoms with E-state index in [0.29, 0.717) is 41.9 Å². The van der Waals surface area contributed by atoms with Gasteiger partial charge in [0, 0.05) is 25.2 Å². The highest BCUT2D eigenvalue weighted by molar-refractivity contribution is 5.91. The molecule has 9 nitrogen and oxygen atoms in total. The molecule has 4 rings (SSSR count). The third-order valence-corrected chi connectivity index (χ3v) is 6.02. The van der Waals surface area contributed by atoms with Gasteiger partial charge in [-0.25, -0.2) is 4.79 Å². The minimum Gasteiger partial charge on any atom is -0.494 e. The van der Waals surface area contributed by atoms with Crippen LogP contribution in [0.15, 0.2) is 88.5 Å². The normalized spacial score (nSPS) is 10.8. The van der Waals surface area contributed by atoms with Crippen molar-refractivity contribution in [2.75, 3.05) is 18.5 Å². The highest BCUT2D eigenvalue weighted by Gasteiger charge is 2.16. The molecular weight excluding hydrogens is 484 g/mol. The number of nitrogens with zero attached hydrogens (tertiary/aromatic N) is 2. The molecule has 1 heterocycles. The summed E-state index contributed by atoms with van der Waals surface area (Å²) in [5, 5.41) is 5.89. The Morgan fingerprint density at radius 1 is 0.842 bits per heavy atom. The van der Waals surface area contributed by atoms with Crippen LogP contribution >= 0.6 is 0 Å². The van der Waals surface area contributed by atoms with Gasteiger partial charge in [0.15, 0.2) is 0 Å². The van der Waals surface area contributed by atoms with E-state index in [-0.39, 0.29) is 25.4 Å². The molecule has 2 N–H and O–H groups in total. The van der Waals surface area contributed by atoms with E-state index >= 15 is 0 Å². The first-order valence-corrected chi connectivity index (χ1v) is 12.5.